The molecule has 1 aliphatic rings. The average Bonchev–Trinajstić information content (AvgIpc) is 2.85. The van der Waals surface area contributed by atoms with Crippen LogP contribution in [0.5, 0.6) is 0 Å². The zero-order chi connectivity index (χ0) is 14.6. The van der Waals surface area contributed by atoms with E-state index in [4.69, 9.17) is 4.42 Å². The van der Waals surface area contributed by atoms with E-state index in [1.165, 1.54) is 19.8 Å². The van der Waals surface area contributed by atoms with E-state index in [0.717, 1.165) is 24.8 Å². The van der Waals surface area contributed by atoms with Gasteiger partial charge in [-0.1, -0.05) is 19.8 Å². The molecule has 112 valence electrons. The van der Waals surface area contributed by atoms with E-state index in [1.807, 2.05) is 0 Å². The SMILES string of the molecule is COC(=O)c1occc1CNCC1(O)CCCC(C)C1. The Morgan fingerprint density at radius 2 is 2.45 bits per heavy atom. The van der Waals surface area contributed by atoms with Crippen molar-refractivity contribution in [1.29, 1.82) is 0 Å². The van der Waals surface area contributed by atoms with Crippen LogP contribution in [-0.2, 0) is 11.3 Å². The lowest BCUT2D eigenvalue weighted by molar-refractivity contribution is -0.0119. The standard InChI is InChI=1S/C15H23NO4/c1-11-4-3-6-15(18,8-11)10-16-9-12-5-7-20-13(12)14(17)19-2/h5,7,11,16,18H,3-4,6,8-10H2,1-2H3. The van der Waals surface area contributed by atoms with Gasteiger partial charge in [0.2, 0.25) is 5.76 Å². The number of carbonyl (C=O) groups excluding carboxylic acids is 1. The van der Waals surface area contributed by atoms with Crippen LogP contribution in [0.25, 0.3) is 0 Å². The van der Waals surface area contributed by atoms with E-state index in [1.54, 1.807) is 6.07 Å². The van der Waals surface area contributed by atoms with Gasteiger partial charge in [0, 0.05) is 18.7 Å². The molecule has 2 N–H and O–H groups in total. The predicted molar refractivity (Wildman–Crippen MR) is 74.3 cm³/mol. The summed E-state index contributed by atoms with van der Waals surface area (Å²) in [7, 11) is 1.33. The van der Waals surface area contributed by atoms with Crippen molar-refractivity contribution in [3.8, 4) is 0 Å². The number of rotatable bonds is 5. The zero-order valence-corrected chi connectivity index (χ0v) is 12.1. The Morgan fingerprint density at radius 1 is 1.65 bits per heavy atom. The lowest BCUT2D eigenvalue weighted by atomic mass is 9.79. The van der Waals surface area contributed by atoms with Crippen LogP contribution in [0.15, 0.2) is 16.7 Å². The van der Waals surface area contributed by atoms with Crippen LogP contribution in [-0.4, -0.2) is 30.3 Å². The second-order valence-electron chi connectivity index (χ2n) is 5.80. The maximum atomic E-state index is 11.5. The van der Waals surface area contributed by atoms with E-state index in [9.17, 15) is 9.90 Å². The lowest BCUT2D eigenvalue weighted by Crippen LogP contribution is -2.43. The monoisotopic (exact) mass is 281 g/mol. The Balaban J connectivity index is 1.87. The molecule has 0 aliphatic heterocycles. The number of hydrogen-bond acceptors (Lipinski definition) is 5. The summed E-state index contributed by atoms with van der Waals surface area (Å²) < 4.78 is 9.78. The van der Waals surface area contributed by atoms with Gasteiger partial charge < -0.3 is 19.6 Å². The summed E-state index contributed by atoms with van der Waals surface area (Å²) in [6.45, 7) is 3.19. The smallest absolute Gasteiger partial charge is 0.374 e. The van der Waals surface area contributed by atoms with Gasteiger partial charge in [-0.25, -0.2) is 4.79 Å². The van der Waals surface area contributed by atoms with Crippen molar-refractivity contribution >= 4 is 5.97 Å². The molecule has 0 radical (unpaired) electrons. The van der Waals surface area contributed by atoms with Crippen LogP contribution in [0.1, 0.15) is 48.7 Å². The first kappa shape index (κ1) is 15.1. The fourth-order valence-corrected chi connectivity index (χ4v) is 2.97. The van der Waals surface area contributed by atoms with Gasteiger partial charge in [0.25, 0.3) is 0 Å². The first-order valence-corrected chi connectivity index (χ1v) is 7.12. The molecule has 0 saturated heterocycles. The molecule has 1 aromatic rings. The minimum Gasteiger partial charge on any atom is -0.463 e. The maximum absolute atomic E-state index is 11.5. The summed E-state index contributed by atoms with van der Waals surface area (Å²) in [5.41, 5.74) is 0.122. The van der Waals surface area contributed by atoms with Crippen molar-refractivity contribution in [2.45, 2.75) is 44.8 Å². The van der Waals surface area contributed by atoms with Gasteiger partial charge in [0.15, 0.2) is 0 Å². The highest BCUT2D eigenvalue weighted by atomic mass is 16.5. The van der Waals surface area contributed by atoms with Crippen molar-refractivity contribution in [2.75, 3.05) is 13.7 Å². The predicted octanol–water partition coefficient (Wildman–Crippen LogP) is 2.10. The van der Waals surface area contributed by atoms with E-state index < -0.39 is 11.6 Å². The van der Waals surface area contributed by atoms with E-state index in [-0.39, 0.29) is 5.76 Å². The number of carbonyl (C=O) groups is 1. The highest BCUT2D eigenvalue weighted by Crippen LogP contribution is 2.31. The molecule has 5 nitrogen and oxygen atoms in total. The van der Waals surface area contributed by atoms with Crippen LogP contribution < -0.4 is 5.32 Å². The van der Waals surface area contributed by atoms with Crippen LogP contribution >= 0.6 is 0 Å². The molecule has 2 rings (SSSR count). The Bertz CT molecular complexity index is 456. The minimum atomic E-state index is -0.632. The summed E-state index contributed by atoms with van der Waals surface area (Å²) in [5, 5.41) is 13.7. The van der Waals surface area contributed by atoms with Crippen molar-refractivity contribution in [1.82, 2.24) is 5.32 Å². The van der Waals surface area contributed by atoms with Gasteiger partial charge in [-0.2, -0.15) is 0 Å². The van der Waals surface area contributed by atoms with Gasteiger partial charge in [-0.3, -0.25) is 0 Å². The van der Waals surface area contributed by atoms with Crippen molar-refractivity contribution in [3.05, 3.63) is 23.7 Å². The number of aliphatic hydroxyl groups is 1. The molecular formula is C15H23NO4. The number of nitrogens with one attached hydrogen (secondary N) is 1. The highest BCUT2D eigenvalue weighted by Gasteiger charge is 2.32. The topological polar surface area (TPSA) is 71.7 Å². The summed E-state index contributed by atoms with van der Waals surface area (Å²) in [4.78, 5) is 11.5. The maximum Gasteiger partial charge on any atom is 0.374 e. The fourth-order valence-electron chi connectivity index (χ4n) is 2.97. The van der Waals surface area contributed by atoms with Gasteiger partial charge in [0.1, 0.15) is 0 Å². The Kier molecular flexibility index (Phi) is 4.83. The Labute approximate surface area is 119 Å². The van der Waals surface area contributed by atoms with Crippen LogP contribution in [0, 0.1) is 5.92 Å². The van der Waals surface area contributed by atoms with Crippen LogP contribution in [0.4, 0.5) is 0 Å². The molecule has 20 heavy (non-hydrogen) atoms. The molecule has 0 amide bonds. The first-order chi connectivity index (χ1) is 9.54. The summed E-state index contributed by atoms with van der Waals surface area (Å²) in [6.07, 6.45) is 5.39. The second kappa shape index (κ2) is 6.41. The summed E-state index contributed by atoms with van der Waals surface area (Å²) in [5.74, 6) is 0.316. The number of furan rings is 1. The first-order valence-electron chi connectivity index (χ1n) is 7.12. The van der Waals surface area contributed by atoms with Gasteiger partial charge in [-0.15, -0.1) is 0 Å². The number of esters is 1. The lowest BCUT2D eigenvalue weighted by Gasteiger charge is -2.35. The molecule has 1 saturated carbocycles. The molecule has 0 bridgehead atoms. The fraction of sp³-hybridized carbons (Fsp3) is 0.667. The summed E-state index contributed by atoms with van der Waals surface area (Å²) in [6, 6.07) is 1.74. The molecule has 1 fully saturated rings. The Morgan fingerprint density at radius 3 is 3.15 bits per heavy atom. The van der Waals surface area contributed by atoms with Gasteiger partial charge >= 0.3 is 5.97 Å². The molecule has 5 heteroatoms. The Hall–Kier alpha value is -1.33. The van der Waals surface area contributed by atoms with E-state index in [2.05, 4.69) is 17.0 Å². The minimum absolute atomic E-state index is 0.226. The van der Waals surface area contributed by atoms with Crippen LogP contribution in [0.2, 0.25) is 0 Å². The van der Waals surface area contributed by atoms with Crippen LogP contribution in [0.3, 0.4) is 0 Å². The molecule has 0 spiro atoms. The summed E-state index contributed by atoms with van der Waals surface area (Å²) >= 11 is 0. The van der Waals surface area contributed by atoms with E-state index in [0.29, 0.717) is 19.0 Å². The average molecular weight is 281 g/mol. The van der Waals surface area contributed by atoms with Crippen molar-refractivity contribution in [2.24, 2.45) is 5.92 Å². The van der Waals surface area contributed by atoms with Crippen molar-refractivity contribution in [3.63, 3.8) is 0 Å². The highest BCUT2D eigenvalue weighted by molar-refractivity contribution is 5.87. The normalized spacial score (nSPS) is 26.4. The molecular weight excluding hydrogens is 258 g/mol. The van der Waals surface area contributed by atoms with Gasteiger partial charge in [-0.05, 0) is 24.8 Å². The number of ether oxygens (including phenoxy) is 1. The number of methoxy groups -OCH3 is 1. The number of hydrogen-bond donors (Lipinski definition) is 2. The van der Waals surface area contributed by atoms with Crippen molar-refractivity contribution < 1.29 is 19.1 Å². The molecule has 0 aromatic carbocycles. The van der Waals surface area contributed by atoms with Gasteiger partial charge in [0.05, 0.1) is 19.0 Å². The molecule has 2 atom stereocenters. The van der Waals surface area contributed by atoms with E-state index >= 15 is 0 Å². The third kappa shape index (κ3) is 3.61. The zero-order valence-electron chi connectivity index (χ0n) is 12.1. The molecule has 1 heterocycles. The quantitative estimate of drug-likeness (QED) is 0.809. The molecule has 2 unspecified atom stereocenters. The second-order valence-corrected chi connectivity index (χ2v) is 5.80. The largest absolute Gasteiger partial charge is 0.463 e. The third-order valence-corrected chi connectivity index (χ3v) is 3.95. The molecule has 1 aliphatic carbocycles. The third-order valence-electron chi connectivity index (χ3n) is 3.95. The molecule has 1 aromatic heterocycles.